The third-order valence-electron chi connectivity index (χ3n) is 5.90. The van der Waals surface area contributed by atoms with E-state index < -0.39 is 16.1 Å². The van der Waals surface area contributed by atoms with Crippen molar-refractivity contribution in [3.63, 3.8) is 0 Å². The Kier molecular flexibility index (Phi) is 7.42. The maximum absolute atomic E-state index is 12.0. The molecule has 0 aliphatic carbocycles. The first-order chi connectivity index (χ1) is 16.8. The van der Waals surface area contributed by atoms with E-state index in [0.717, 1.165) is 27.9 Å². The van der Waals surface area contributed by atoms with Crippen LogP contribution in [0.2, 0.25) is 0 Å². The predicted molar refractivity (Wildman–Crippen MR) is 136 cm³/mol. The molecule has 0 saturated carbocycles. The van der Waals surface area contributed by atoms with Gasteiger partial charge >= 0.3 is 0 Å². The van der Waals surface area contributed by atoms with Crippen LogP contribution in [0.15, 0.2) is 71.6 Å². The van der Waals surface area contributed by atoms with Crippen LogP contribution in [0.3, 0.4) is 0 Å². The quantitative estimate of drug-likeness (QED) is 0.215. The monoisotopic (exact) mass is 495 g/mol. The Hall–Kier alpha value is -3.37. The fraction of sp³-hybridized carbons (Fsp3) is 0.231. The Balaban J connectivity index is 1.32. The van der Waals surface area contributed by atoms with Crippen LogP contribution in [0.1, 0.15) is 17.2 Å². The fourth-order valence-electron chi connectivity index (χ4n) is 3.96. The summed E-state index contributed by atoms with van der Waals surface area (Å²) in [7, 11) is -2.57. The molecule has 0 aliphatic heterocycles. The van der Waals surface area contributed by atoms with Crippen molar-refractivity contribution in [1.82, 2.24) is 15.0 Å². The third-order valence-corrected chi connectivity index (χ3v) is 7.35. The Morgan fingerprint density at radius 2 is 1.83 bits per heavy atom. The molecule has 8 nitrogen and oxygen atoms in total. The first kappa shape index (κ1) is 24.7. The first-order valence-electron chi connectivity index (χ1n) is 11.3. The van der Waals surface area contributed by atoms with Gasteiger partial charge in [-0.05, 0) is 54.9 Å². The van der Waals surface area contributed by atoms with E-state index in [0.29, 0.717) is 18.7 Å². The summed E-state index contributed by atoms with van der Waals surface area (Å²) in [4.78, 5) is 3.21. The minimum atomic E-state index is -3.83. The number of H-pyrrole nitrogens is 1. The number of aliphatic hydroxyl groups is 1. The normalized spacial score (nSPS) is 12.7. The molecule has 1 unspecified atom stereocenters. The maximum Gasteiger partial charge on any atom is 0.243 e. The van der Waals surface area contributed by atoms with Crippen molar-refractivity contribution in [1.29, 1.82) is 0 Å². The smallest absolute Gasteiger partial charge is 0.243 e. The molecule has 0 radical (unpaired) electrons. The number of nitrogens with one attached hydrogen (secondary N) is 3. The summed E-state index contributed by atoms with van der Waals surface area (Å²) < 4.78 is 32.1. The third kappa shape index (κ3) is 5.49. The number of ether oxygens (including phenoxy) is 1. The van der Waals surface area contributed by atoms with Crippen LogP contribution in [0.25, 0.3) is 22.2 Å². The van der Waals surface area contributed by atoms with Crippen LogP contribution in [-0.2, 0) is 10.0 Å². The summed E-state index contributed by atoms with van der Waals surface area (Å²) in [6.45, 7) is 3.16. The number of aromatic hydroxyl groups is 1. The molecule has 0 amide bonds. The number of benzene rings is 3. The van der Waals surface area contributed by atoms with E-state index in [9.17, 15) is 18.6 Å². The molecule has 0 bridgehead atoms. The maximum atomic E-state index is 12.0. The van der Waals surface area contributed by atoms with E-state index in [-0.39, 0.29) is 17.2 Å². The standard InChI is InChI=1S/C26H29N3O5S/c1-17-21-10-9-20(15-22(21)29-26(17)18-6-4-3-5-7-18)34-13-12-28-16-24(31)19-8-11-23(30)25(14-19)35(32,33)27-2/h3-11,14-15,24,27-31H,12-13,16H2,1-2H3. The van der Waals surface area contributed by atoms with Crippen LogP contribution in [0.4, 0.5) is 0 Å². The lowest BCUT2D eigenvalue weighted by Crippen LogP contribution is -2.26. The first-order valence-corrected chi connectivity index (χ1v) is 12.7. The lowest BCUT2D eigenvalue weighted by Gasteiger charge is -2.14. The Bertz CT molecular complexity index is 1420. The number of sulfonamides is 1. The molecular formula is C26H29N3O5S. The highest BCUT2D eigenvalue weighted by molar-refractivity contribution is 7.89. The summed E-state index contributed by atoms with van der Waals surface area (Å²) in [6, 6.07) is 20.2. The zero-order valence-corrected chi connectivity index (χ0v) is 20.4. The van der Waals surface area contributed by atoms with Crippen LogP contribution in [0.5, 0.6) is 11.5 Å². The molecule has 5 N–H and O–H groups in total. The van der Waals surface area contributed by atoms with Crippen molar-refractivity contribution in [3.8, 4) is 22.8 Å². The molecule has 4 aromatic rings. The molecule has 0 fully saturated rings. The molecule has 1 atom stereocenters. The van der Waals surface area contributed by atoms with E-state index in [1.807, 2.05) is 36.4 Å². The highest BCUT2D eigenvalue weighted by Gasteiger charge is 2.19. The summed E-state index contributed by atoms with van der Waals surface area (Å²) in [6.07, 6.45) is -0.948. The number of phenols is 1. The van der Waals surface area contributed by atoms with Crippen LogP contribution < -0.4 is 14.8 Å². The second-order valence-corrected chi connectivity index (χ2v) is 10.1. The Morgan fingerprint density at radius 1 is 1.06 bits per heavy atom. The van der Waals surface area contributed by atoms with Gasteiger partial charge in [0.15, 0.2) is 0 Å². The second-order valence-electron chi connectivity index (χ2n) is 8.20. The zero-order valence-electron chi connectivity index (χ0n) is 19.6. The lowest BCUT2D eigenvalue weighted by atomic mass is 10.1. The fourth-order valence-corrected chi connectivity index (χ4v) is 4.82. The number of rotatable bonds is 10. The molecule has 35 heavy (non-hydrogen) atoms. The summed E-state index contributed by atoms with van der Waals surface area (Å²) >= 11 is 0. The minimum absolute atomic E-state index is 0.197. The van der Waals surface area contributed by atoms with Gasteiger partial charge in [0, 0.05) is 35.8 Å². The van der Waals surface area contributed by atoms with Crippen molar-refractivity contribution < 1.29 is 23.4 Å². The topological polar surface area (TPSA) is 124 Å². The van der Waals surface area contributed by atoms with Crippen LogP contribution in [0, 0.1) is 6.92 Å². The van der Waals surface area contributed by atoms with Gasteiger partial charge in [-0.25, -0.2) is 13.1 Å². The molecule has 184 valence electrons. The average molecular weight is 496 g/mol. The number of aliphatic hydroxyl groups excluding tert-OH is 1. The van der Waals surface area contributed by atoms with Crippen LogP contribution >= 0.6 is 0 Å². The van der Waals surface area contributed by atoms with Crippen molar-refractivity contribution in [2.75, 3.05) is 26.7 Å². The van der Waals surface area contributed by atoms with Crippen molar-refractivity contribution in [2.45, 2.75) is 17.9 Å². The van der Waals surface area contributed by atoms with E-state index in [1.165, 1.54) is 30.8 Å². The SMILES string of the molecule is CNS(=O)(=O)c1cc(C(O)CNCCOc2ccc3c(C)c(-c4ccccc4)[nH]c3c2)ccc1O. The van der Waals surface area contributed by atoms with Gasteiger partial charge in [-0.3, -0.25) is 0 Å². The predicted octanol–water partition coefficient (Wildman–Crippen LogP) is 3.46. The number of aryl methyl sites for hydroxylation is 1. The van der Waals surface area contributed by atoms with Gasteiger partial charge in [0.05, 0.1) is 6.10 Å². The lowest BCUT2D eigenvalue weighted by molar-refractivity contribution is 0.171. The molecule has 3 aromatic carbocycles. The van der Waals surface area contributed by atoms with E-state index >= 15 is 0 Å². The van der Waals surface area contributed by atoms with Gasteiger partial charge in [-0.15, -0.1) is 0 Å². The number of hydrogen-bond acceptors (Lipinski definition) is 6. The number of aromatic amines is 1. The minimum Gasteiger partial charge on any atom is -0.507 e. The van der Waals surface area contributed by atoms with Crippen molar-refractivity contribution in [3.05, 3.63) is 77.9 Å². The summed E-state index contributed by atoms with van der Waals surface area (Å²) in [5, 5.41) is 24.5. The molecule has 0 saturated heterocycles. The molecular weight excluding hydrogens is 466 g/mol. The molecule has 1 heterocycles. The van der Waals surface area contributed by atoms with Gasteiger partial charge in [0.2, 0.25) is 10.0 Å². The molecule has 0 spiro atoms. The molecule has 1 aromatic heterocycles. The number of phenolic OH excluding ortho intramolecular Hbond substituents is 1. The van der Waals surface area contributed by atoms with E-state index in [1.54, 1.807) is 0 Å². The van der Waals surface area contributed by atoms with Gasteiger partial charge in [-0.1, -0.05) is 36.4 Å². The molecule has 9 heteroatoms. The van der Waals surface area contributed by atoms with E-state index in [4.69, 9.17) is 4.74 Å². The van der Waals surface area contributed by atoms with Gasteiger partial charge in [-0.2, -0.15) is 0 Å². The molecule has 0 aliphatic rings. The summed E-state index contributed by atoms with van der Waals surface area (Å²) in [5.74, 6) is 0.364. The average Bonchev–Trinajstić information content (AvgIpc) is 3.20. The van der Waals surface area contributed by atoms with Gasteiger partial charge < -0.3 is 25.3 Å². The van der Waals surface area contributed by atoms with Gasteiger partial charge in [0.25, 0.3) is 0 Å². The van der Waals surface area contributed by atoms with E-state index in [2.05, 4.69) is 34.1 Å². The van der Waals surface area contributed by atoms with Gasteiger partial charge in [0.1, 0.15) is 23.0 Å². The van der Waals surface area contributed by atoms with Crippen molar-refractivity contribution in [2.24, 2.45) is 0 Å². The van der Waals surface area contributed by atoms with Crippen LogP contribution in [-0.4, -0.2) is 50.4 Å². The second kappa shape index (κ2) is 10.5. The van der Waals surface area contributed by atoms with Crippen molar-refractivity contribution >= 4 is 20.9 Å². The molecule has 4 rings (SSSR count). The Morgan fingerprint density at radius 3 is 2.57 bits per heavy atom. The number of hydrogen-bond donors (Lipinski definition) is 5. The Labute approximate surface area is 204 Å². The summed E-state index contributed by atoms with van der Waals surface area (Å²) in [5.41, 5.74) is 4.80. The highest BCUT2D eigenvalue weighted by Crippen LogP contribution is 2.31. The highest BCUT2D eigenvalue weighted by atomic mass is 32.2. The number of aromatic nitrogens is 1. The largest absolute Gasteiger partial charge is 0.507 e. The zero-order chi connectivity index (χ0) is 25.0. The number of fused-ring (bicyclic) bond motifs is 1.